The predicted molar refractivity (Wildman–Crippen MR) is 77.7 cm³/mol. The van der Waals surface area contributed by atoms with E-state index in [0.717, 1.165) is 10.2 Å². The van der Waals surface area contributed by atoms with Gasteiger partial charge in [-0.3, -0.25) is 10.5 Å². The maximum absolute atomic E-state index is 13.8. The van der Waals surface area contributed by atoms with Crippen molar-refractivity contribution in [1.82, 2.24) is 15.2 Å². The Morgan fingerprint density at radius 3 is 2.85 bits per heavy atom. The van der Waals surface area contributed by atoms with Crippen LogP contribution < -0.4 is 16.0 Å². The number of halogens is 2. The highest BCUT2D eigenvalue weighted by Crippen LogP contribution is 2.30. The minimum atomic E-state index is -0.427. The predicted octanol–water partition coefficient (Wildman–Crippen LogP) is 2.37. The van der Waals surface area contributed by atoms with E-state index >= 15 is 0 Å². The van der Waals surface area contributed by atoms with Crippen molar-refractivity contribution < 1.29 is 9.13 Å². The van der Waals surface area contributed by atoms with Crippen molar-refractivity contribution in [2.24, 2.45) is 5.84 Å². The van der Waals surface area contributed by atoms with Gasteiger partial charge in [0.25, 0.3) is 0 Å². The first-order chi connectivity index (χ1) is 9.62. The highest BCUT2D eigenvalue weighted by molar-refractivity contribution is 9.10. The number of hydrogen-bond donors (Lipinski definition) is 2. The third kappa shape index (κ3) is 2.70. The molecule has 1 heterocycles. The van der Waals surface area contributed by atoms with Gasteiger partial charge in [-0.25, -0.2) is 9.82 Å². The monoisotopic (exact) mass is 342 g/mol. The number of nitrogens with zero attached hydrogens (tertiary/aromatic N) is 2. The number of hydrazine groups is 1. The van der Waals surface area contributed by atoms with Gasteiger partial charge in [-0.15, -0.1) is 0 Å². The van der Waals surface area contributed by atoms with Crippen LogP contribution in [0.1, 0.15) is 24.2 Å². The summed E-state index contributed by atoms with van der Waals surface area (Å²) in [5.74, 6) is 5.42. The summed E-state index contributed by atoms with van der Waals surface area (Å²) < 4.78 is 21.4. The van der Waals surface area contributed by atoms with E-state index in [-0.39, 0.29) is 11.8 Å². The molecule has 0 fully saturated rings. The standard InChI is InChI=1S/C13H16BrFN4O/c1-3-19-13(9(14)7-17-19)12(18-16)8-4-5-11(20-2)10(15)6-8/h4-7,12,18H,3,16H2,1-2H3. The molecule has 0 spiro atoms. The van der Waals surface area contributed by atoms with Crippen LogP contribution in [-0.2, 0) is 6.54 Å². The summed E-state index contributed by atoms with van der Waals surface area (Å²) in [6.07, 6.45) is 1.70. The van der Waals surface area contributed by atoms with Gasteiger partial charge in [0.2, 0.25) is 0 Å². The van der Waals surface area contributed by atoms with Gasteiger partial charge in [0.1, 0.15) is 0 Å². The second kappa shape index (κ2) is 6.34. The summed E-state index contributed by atoms with van der Waals surface area (Å²) in [4.78, 5) is 0. The van der Waals surface area contributed by atoms with Gasteiger partial charge in [-0.05, 0) is 40.5 Å². The lowest BCUT2D eigenvalue weighted by Gasteiger charge is -2.19. The zero-order valence-corrected chi connectivity index (χ0v) is 12.8. The first kappa shape index (κ1) is 15.0. The van der Waals surface area contributed by atoms with Gasteiger partial charge in [-0.2, -0.15) is 5.10 Å². The van der Waals surface area contributed by atoms with Gasteiger partial charge in [0, 0.05) is 6.54 Å². The number of nitrogens with two attached hydrogens (primary N) is 1. The number of methoxy groups -OCH3 is 1. The van der Waals surface area contributed by atoms with Gasteiger partial charge in [0.05, 0.1) is 29.5 Å². The zero-order valence-electron chi connectivity index (χ0n) is 11.2. The Kier molecular flexibility index (Phi) is 4.74. The van der Waals surface area contributed by atoms with Crippen molar-refractivity contribution >= 4 is 15.9 Å². The first-order valence-corrected chi connectivity index (χ1v) is 6.92. The average molecular weight is 343 g/mol. The average Bonchev–Trinajstić information content (AvgIpc) is 2.81. The van der Waals surface area contributed by atoms with Crippen LogP contribution in [0.5, 0.6) is 5.75 Å². The third-order valence-corrected chi connectivity index (χ3v) is 3.69. The molecule has 20 heavy (non-hydrogen) atoms. The number of aryl methyl sites for hydroxylation is 1. The molecule has 0 bridgehead atoms. The molecule has 0 aliphatic carbocycles. The molecular formula is C13H16BrFN4O. The molecule has 2 aromatic rings. The minimum absolute atomic E-state index is 0.201. The molecular weight excluding hydrogens is 327 g/mol. The Labute approximate surface area is 125 Å². The van der Waals surface area contributed by atoms with E-state index in [2.05, 4.69) is 26.5 Å². The molecule has 0 saturated carbocycles. The molecule has 0 saturated heterocycles. The fourth-order valence-corrected chi connectivity index (χ4v) is 2.63. The summed E-state index contributed by atoms with van der Waals surface area (Å²) in [6, 6.07) is 4.39. The maximum atomic E-state index is 13.8. The highest BCUT2D eigenvalue weighted by atomic mass is 79.9. The highest BCUT2D eigenvalue weighted by Gasteiger charge is 2.21. The quantitative estimate of drug-likeness (QED) is 0.646. The Balaban J connectivity index is 2.47. The van der Waals surface area contributed by atoms with E-state index in [9.17, 15) is 4.39 Å². The van der Waals surface area contributed by atoms with Crippen molar-refractivity contribution in [1.29, 1.82) is 0 Å². The van der Waals surface area contributed by atoms with Gasteiger partial charge in [-0.1, -0.05) is 6.07 Å². The molecule has 0 amide bonds. The molecule has 7 heteroatoms. The van der Waals surface area contributed by atoms with Crippen LogP contribution in [-0.4, -0.2) is 16.9 Å². The van der Waals surface area contributed by atoms with Gasteiger partial charge < -0.3 is 4.74 Å². The minimum Gasteiger partial charge on any atom is -0.494 e. The summed E-state index contributed by atoms with van der Waals surface area (Å²) in [5, 5.41) is 4.24. The fraction of sp³-hybridized carbons (Fsp3) is 0.308. The van der Waals surface area contributed by atoms with Crippen LogP contribution in [0, 0.1) is 5.82 Å². The van der Waals surface area contributed by atoms with Crippen LogP contribution in [0.15, 0.2) is 28.9 Å². The number of benzene rings is 1. The van der Waals surface area contributed by atoms with Gasteiger partial charge >= 0.3 is 0 Å². The maximum Gasteiger partial charge on any atom is 0.165 e. The Morgan fingerprint density at radius 1 is 1.55 bits per heavy atom. The van der Waals surface area contributed by atoms with E-state index < -0.39 is 5.82 Å². The first-order valence-electron chi connectivity index (χ1n) is 6.13. The van der Waals surface area contributed by atoms with E-state index in [4.69, 9.17) is 10.6 Å². The van der Waals surface area contributed by atoms with Crippen LogP contribution in [0.25, 0.3) is 0 Å². The SMILES string of the molecule is CCn1ncc(Br)c1C(NN)c1ccc(OC)c(F)c1. The van der Waals surface area contributed by atoms with E-state index in [0.29, 0.717) is 12.1 Å². The summed E-state index contributed by atoms with van der Waals surface area (Å²) in [5.41, 5.74) is 4.25. The van der Waals surface area contributed by atoms with Crippen LogP contribution in [0.4, 0.5) is 4.39 Å². The van der Waals surface area contributed by atoms with Crippen LogP contribution in [0.2, 0.25) is 0 Å². The number of rotatable bonds is 5. The lowest BCUT2D eigenvalue weighted by Crippen LogP contribution is -2.31. The van der Waals surface area contributed by atoms with Crippen LogP contribution >= 0.6 is 15.9 Å². The summed E-state index contributed by atoms with van der Waals surface area (Å²) >= 11 is 3.45. The summed E-state index contributed by atoms with van der Waals surface area (Å²) in [7, 11) is 1.43. The normalized spacial score (nSPS) is 12.4. The Bertz CT molecular complexity index is 602. The molecule has 5 nitrogen and oxygen atoms in total. The zero-order chi connectivity index (χ0) is 14.7. The molecule has 2 rings (SSSR count). The van der Waals surface area contributed by atoms with Crippen molar-refractivity contribution in [2.75, 3.05) is 7.11 Å². The van der Waals surface area contributed by atoms with E-state index in [1.807, 2.05) is 6.92 Å². The molecule has 1 unspecified atom stereocenters. The van der Waals surface area contributed by atoms with Crippen molar-refractivity contribution in [3.63, 3.8) is 0 Å². The number of ether oxygens (including phenoxy) is 1. The molecule has 0 radical (unpaired) electrons. The molecule has 1 aromatic carbocycles. The lowest BCUT2D eigenvalue weighted by molar-refractivity contribution is 0.385. The Morgan fingerprint density at radius 2 is 2.30 bits per heavy atom. The molecule has 108 valence electrons. The molecule has 3 N–H and O–H groups in total. The fourth-order valence-electron chi connectivity index (χ4n) is 2.11. The number of aromatic nitrogens is 2. The van der Waals surface area contributed by atoms with Crippen molar-refractivity contribution in [3.8, 4) is 5.75 Å². The van der Waals surface area contributed by atoms with Crippen molar-refractivity contribution in [2.45, 2.75) is 19.5 Å². The topological polar surface area (TPSA) is 65.1 Å². The molecule has 0 aliphatic heterocycles. The van der Waals surface area contributed by atoms with Crippen LogP contribution in [0.3, 0.4) is 0 Å². The Hall–Kier alpha value is -1.44. The molecule has 1 aromatic heterocycles. The number of nitrogens with one attached hydrogen (secondary N) is 1. The molecule has 1 atom stereocenters. The van der Waals surface area contributed by atoms with Crippen molar-refractivity contribution in [3.05, 3.63) is 45.9 Å². The van der Waals surface area contributed by atoms with E-state index in [1.165, 1.54) is 13.2 Å². The lowest BCUT2D eigenvalue weighted by atomic mass is 10.0. The second-order valence-corrected chi connectivity index (χ2v) is 5.04. The van der Waals surface area contributed by atoms with Gasteiger partial charge in [0.15, 0.2) is 11.6 Å². The third-order valence-electron chi connectivity index (χ3n) is 3.08. The number of hydrogen-bond acceptors (Lipinski definition) is 4. The largest absolute Gasteiger partial charge is 0.494 e. The van der Waals surface area contributed by atoms with E-state index in [1.54, 1.807) is 23.0 Å². The summed E-state index contributed by atoms with van der Waals surface area (Å²) in [6.45, 7) is 2.67. The molecule has 0 aliphatic rings. The second-order valence-electron chi connectivity index (χ2n) is 4.19. The smallest absolute Gasteiger partial charge is 0.165 e.